The first kappa shape index (κ1) is 14.5. The summed E-state index contributed by atoms with van der Waals surface area (Å²) in [5.41, 5.74) is 9.07. The van der Waals surface area contributed by atoms with E-state index in [1.807, 2.05) is 12.3 Å². The average molecular weight is 372 g/mol. The second-order valence-electron chi connectivity index (χ2n) is 6.04. The molecule has 0 radical (unpaired) electrons. The van der Waals surface area contributed by atoms with Gasteiger partial charge >= 0.3 is 0 Å². The van der Waals surface area contributed by atoms with Crippen LogP contribution in [0.2, 0.25) is 0 Å². The highest BCUT2D eigenvalue weighted by atomic mass is 79.9. The third kappa shape index (κ3) is 2.79. The van der Waals surface area contributed by atoms with Gasteiger partial charge < -0.3 is 11.1 Å². The minimum atomic E-state index is 0.515. The Balaban J connectivity index is 1.70. The minimum Gasteiger partial charge on any atom is -0.382 e. The van der Waals surface area contributed by atoms with Crippen molar-refractivity contribution in [1.82, 2.24) is 15.2 Å². The van der Waals surface area contributed by atoms with Gasteiger partial charge in [0.15, 0.2) is 5.82 Å². The first-order chi connectivity index (χ1) is 11.2. The van der Waals surface area contributed by atoms with Crippen molar-refractivity contribution in [1.29, 1.82) is 0 Å². The van der Waals surface area contributed by atoms with Crippen LogP contribution in [0.1, 0.15) is 25.7 Å². The number of H-pyrrole nitrogens is 1. The highest BCUT2D eigenvalue weighted by molar-refractivity contribution is 9.10. The zero-order chi connectivity index (χ0) is 15.8. The van der Waals surface area contributed by atoms with Crippen LogP contribution in [0.4, 0.5) is 11.6 Å². The average Bonchev–Trinajstić information content (AvgIpc) is 3.18. The van der Waals surface area contributed by atoms with Crippen molar-refractivity contribution in [2.24, 2.45) is 0 Å². The monoisotopic (exact) mass is 371 g/mol. The van der Waals surface area contributed by atoms with E-state index >= 15 is 0 Å². The van der Waals surface area contributed by atoms with Gasteiger partial charge in [0.05, 0.1) is 5.52 Å². The molecule has 5 nitrogen and oxygen atoms in total. The first-order valence-corrected chi connectivity index (χ1v) is 8.66. The van der Waals surface area contributed by atoms with Crippen LogP contribution < -0.4 is 11.1 Å². The fourth-order valence-corrected chi connectivity index (χ4v) is 3.78. The minimum absolute atomic E-state index is 0.515. The summed E-state index contributed by atoms with van der Waals surface area (Å²) < 4.78 is 0.955. The van der Waals surface area contributed by atoms with Crippen molar-refractivity contribution in [3.8, 4) is 11.1 Å². The van der Waals surface area contributed by atoms with Gasteiger partial charge in [-0.15, -0.1) is 0 Å². The topological polar surface area (TPSA) is 79.6 Å². The van der Waals surface area contributed by atoms with Gasteiger partial charge in [-0.1, -0.05) is 12.8 Å². The van der Waals surface area contributed by atoms with Gasteiger partial charge in [0.25, 0.3) is 0 Å². The molecule has 0 amide bonds. The van der Waals surface area contributed by atoms with E-state index in [1.165, 1.54) is 25.7 Å². The van der Waals surface area contributed by atoms with Crippen LogP contribution >= 0.6 is 15.9 Å². The van der Waals surface area contributed by atoms with Crippen LogP contribution in [0.15, 0.2) is 34.9 Å². The number of fused-ring (bicyclic) bond motifs is 1. The van der Waals surface area contributed by atoms with Crippen molar-refractivity contribution in [2.45, 2.75) is 31.7 Å². The maximum absolute atomic E-state index is 5.94. The highest BCUT2D eigenvalue weighted by Gasteiger charge is 2.15. The summed E-state index contributed by atoms with van der Waals surface area (Å²) in [4.78, 5) is 4.45. The van der Waals surface area contributed by atoms with Crippen molar-refractivity contribution in [3.05, 3.63) is 34.9 Å². The molecule has 1 aliphatic rings. The molecule has 6 heteroatoms. The zero-order valence-electron chi connectivity index (χ0n) is 12.6. The van der Waals surface area contributed by atoms with Crippen molar-refractivity contribution in [3.63, 3.8) is 0 Å². The lowest BCUT2D eigenvalue weighted by molar-refractivity contribution is 0.750. The third-order valence-corrected chi connectivity index (χ3v) is 5.08. The number of nitrogen functional groups attached to an aromatic ring is 1. The number of hydrogen-bond acceptors (Lipinski definition) is 4. The van der Waals surface area contributed by atoms with Crippen molar-refractivity contribution in [2.75, 3.05) is 11.1 Å². The summed E-state index contributed by atoms with van der Waals surface area (Å²) in [6.07, 6.45) is 6.93. The smallest absolute Gasteiger partial charge is 0.153 e. The number of aromatic nitrogens is 3. The van der Waals surface area contributed by atoms with Gasteiger partial charge in [-0.3, -0.25) is 5.10 Å². The van der Waals surface area contributed by atoms with E-state index < -0.39 is 0 Å². The Morgan fingerprint density at radius 2 is 2.00 bits per heavy atom. The second-order valence-corrected chi connectivity index (χ2v) is 6.90. The molecule has 1 saturated carbocycles. The molecule has 4 rings (SSSR count). The number of nitrogens with two attached hydrogens (primary N) is 1. The fraction of sp³-hybridized carbons (Fsp3) is 0.294. The fourth-order valence-electron chi connectivity index (χ4n) is 3.23. The summed E-state index contributed by atoms with van der Waals surface area (Å²) in [7, 11) is 0. The third-order valence-electron chi connectivity index (χ3n) is 4.45. The quantitative estimate of drug-likeness (QED) is 0.640. The van der Waals surface area contributed by atoms with Crippen LogP contribution in [0, 0.1) is 0 Å². The summed E-state index contributed by atoms with van der Waals surface area (Å²) in [5, 5.41) is 11.5. The Morgan fingerprint density at radius 1 is 1.17 bits per heavy atom. The Morgan fingerprint density at radius 3 is 2.83 bits per heavy atom. The molecule has 1 fully saturated rings. The number of benzene rings is 1. The maximum Gasteiger partial charge on any atom is 0.153 e. The van der Waals surface area contributed by atoms with Crippen LogP contribution in [0.25, 0.3) is 22.0 Å². The number of pyridine rings is 1. The lowest BCUT2D eigenvalue weighted by atomic mass is 10.0. The number of halogens is 1. The van der Waals surface area contributed by atoms with Gasteiger partial charge in [-0.05, 0) is 64.2 Å². The number of nitrogens with one attached hydrogen (secondary N) is 2. The van der Waals surface area contributed by atoms with E-state index in [9.17, 15) is 0 Å². The van der Waals surface area contributed by atoms with E-state index in [0.29, 0.717) is 11.9 Å². The molecule has 23 heavy (non-hydrogen) atoms. The molecule has 0 aliphatic heterocycles. The van der Waals surface area contributed by atoms with Crippen LogP contribution in [0.3, 0.4) is 0 Å². The van der Waals surface area contributed by atoms with Gasteiger partial charge in [0.1, 0.15) is 5.82 Å². The molecular weight excluding hydrogens is 354 g/mol. The number of anilines is 2. The first-order valence-electron chi connectivity index (χ1n) is 7.87. The summed E-state index contributed by atoms with van der Waals surface area (Å²) in [6, 6.07) is 8.81. The highest BCUT2D eigenvalue weighted by Crippen LogP contribution is 2.33. The standard InChI is InChI=1S/C17H18BrN5/c18-14-8-11(7-13-16(14)22-23-17(13)19)10-5-6-20-15(9-10)21-12-3-1-2-4-12/h5-9,12H,1-4H2,(H,20,21)(H3,19,22,23). The molecule has 1 aromatic carbocycles. The number of hydrogen-bond donors (Lipinski definition) is 3. The Kier molecular flexibility index (Phi) is 3.69. The van der Waals surface area contributed by atoms with Crippen LogP contribution in [0.5, 0.6) is 0 Å². The molecule has 2 heterocycles. The second kappa shape index (κ2) is 5.85. The molecular formula is C17H18BrN5. The van der Waals surface area contributed by atoms with E-state index in [1.54, 1.807) is 0 Å². The largest absolute Gasteiger partial charge is 0.382 e. The molecule has 0 bridgehead atoms. The zero-order valence-corrected chi connectivity index (χ0v) is 14.2. The van der Waals surface area contributed by atoms with E-state index in [4.69, 9.17) is 5.73 Å². The SMILES string of the molecule is Nc1n[nH]c2c(Br)cc(-c3ccnc(NC4CCCC4)c3)cc12. The molecule has 2 aromatic heterocycles. The maximum atomic E-state index is 5.94. The van der Waals surface area contributed by atoms with Crippen molar-refractivity contribution >= 4 is 38.5 Å². The number of aromatic amines is 1. The molecule has 4 N–H and O–H groups in total. The predicted octanol–water partition coefficient (Wildman–Crippen LogP) is 4.32. The molecule has 1 aliphatic carbocycles. The molecule has 0 atom stereocenters. The molecule has 0 unspecified atom stereocenters. The van der Waals surface area contributed by atoms with Gasteiger partial charge in [-0.25, -0.2) is 4.98 Å². The summed E-state index contributed by atoms with van der Waals surface area (Å²) in [5.74, 6) is 1.45. The van der Waals surface area contributed by atoms with Crippen LogP contribution in [-0.4, -0.2) is 21.2 Å². The van der Waals surface area contributed by atoms with Gasteiger partial charge in [0, 0.05) is 22.1 Å². The molecule has 118 valence electrons. The predicted molar refractivity (Wildman–Crippen MR) is 97.3 cm³/mol. The van der Waals surface area contributed by atoms with E-state index in [0.717, 1.165) is 32.3 Å². The Bertz CT molecular complexity index is 851. The Hall–Kier alpha value is -2.08. The lowest BCUT2D eigenvalue weighted by Gasteiger charge is -2.13. The van der Waals surface area contributed by atoms with Crippen molar-refractivity contribution < 1.29 is 0 Å². The lowest BCUT2D eigenvalue weighted by Crippen LogP contribution is -2.15. The van der Waals surface area contributed by atoms with Gasteiger partial charge in [-0.2, -0.15) is 5.10 Å². The number of nitrogens with zero attached hydrogens (tertiary/aromatic N) is 2. The van der Waals surface area contributed by atoms with Crippen LogP contribution in [-0.2, 0) is 0 Å². The van der Waals surface area contributed by atoms with E-state index in [-0.39, 0.29) is 0 Å². The molecule has 0 saturated heterocycles. The van der Waals surface area contributed by atoms with Gasteiger partial charge in [0.2, 0.25) is 0 Å². The molecule has 0 spiro atoms. The number of rotatable bonds is 3. The Labute approximate surface area is 142 Å². The normalized spacial score (nSPS) is 15.3. The summed E-state index contributed by atoms with van der Waals surface area (Å²) in [6.45, 7) is 0. The molecule has 3 aromatic rings. The van der Waals surface area contributed by atoms with E-state index in [2.05, 4.69) is 54.6 Å². The summed E-state index contributed by atoms with van der Waals surface area (Å²) >= 11 is 3.59.